The van der Waals surface area contributed by atoms with Crippen molar-refractivity contribution < 1.29 is 42.8 Å². The molecule has 1 aromatic carbocycles. The molecule has 2 aliphatic heterocycles. The number of aromatic nitrogens is 3. The molecule has 5 N–H and O–H groups in total. The normalized spacial score (nSPS) is 27.1. The Kier molecular flexibility index (Phi) is 9.21. The predicted molar refractivity (Wildman–Crippen MR) is 159 cm³/mol. The van der Waals surface area contributed by atoms with Crippen LogP contribution in [0.15, 0.2) is 42.7 Å². The molecule has 0 amide bonds. The third kappa shape index (κ3) is 6.68. The highest BCUT2D eigenvalue weighted by molar-refractivity contribution is 7.52. The van der Waals surface area contributed by atoms with E-state index in [0.29, 0.717) is 18.5 Å². The molecular formula is C29H37N6O9P. The van der Waals surface area contributed by atoms with Gasteiger partial charge in [0.25, 0.3) is 0 Å². The molecule has 0 saturated carbocycles. The number of nitrogens with zero attached hydrogens (tertiary/aromatic N) is 4. The standard InChI is InChI=1S/C29H37N6O9P/c1-17(27(38)42-20-11-12-40-13-20)34-45(39,44-19-7-5-18(6-8-19)28(2,3)4)41-14-22-24(36)25(37)29(15-30,43-22)23-10-9-21-26(31)32-16-33-35(21)23/h5-10,16-17,20,22,24-25,36-37H,11-14H2,1-4H3,(H,34,39)(H2,31,32,33)/t17-,20-,22+,24+,25+,29-,45-/m0/s1. The zero-order chi connectivity index (χ0) is 32.6. The number of benzene rings is 1. The molecule has 2 aromatic heterocycles. The minimum atomic E-state index is -4.39. The van der Waals surface area contributed by atoms with Gasteiger partial charge in [-0.15, -0.1) is 0 Å². The van der Waals surface area contributed by atoms with Gasteiger partial charge in [0.1, 0.15) is 54.1 Å². The Hall–Kier alpha value is -3.61. The Bertz CT molecular complexity index is 1610. The fourth-order valence-electron chi connectivity index (χ4n) is 5.13. The van der Waals surface area contributed by atoms with Gasteiger partial charge in [-0.25, -0.2) is 14.1 Å². The molecule has 3 aromatic rings. The van der Waals surface area contributed by atoms with Gasteiger partial charge in [-0.3, -0.25) is 9.32 Å². The average Bonchev–Trinajstić information content (AvgIpc) is 3.72. The maximum atomic E-state index is 14.1. The fraction of sp³-hybridized carbons (Fsp3) is 0.517. The number of nitriles is 1. The zero-order valence-electron chi connectivity index (χ0n) is 25.3. The molecule has 0 bridgehead atoms. The second-order valence-corrected chi connectivity index (χ2v) is 13.7. The lowest BCUT2D eigenvalue weighted by Gasteiger charge is -2.26. The van der Waals surface area contributed by atoms with Crippen LogP contribution in [0.5, 0.6) is 5.75 Å². The lowest BCUT2D eigenvalue weighted by Crippen LogP contribution is -2.41. The van der Waals surface area contributed by atoms with Crippen LogP contribution in [0.1, 0.15) is 45.4 Å². The van der Waals surface area contributed by atoms with Crippen molar-refractivity contribution in [3.05, 3.63) is 54.0 Å². The van der Waals surface area contributed by atoms with Gasteiger partial charge < -0.3 is 34.7 Å². The number of aliphatic hydroxyl groups excluding tert-OH is 2. The smallest absolute Gasteiger partial charge is 0.459 e. The van der Waals surface area contributed by atoms with Crippen LogP contribution >= 0.6 is 7.75 Å². The number of esters is 1. The molecule has 45 heavy (non-hydrogen) atoms. The number of fused-ring (bicyclic) bond motifs is 1. The third-order valence-electron chi connectivity index (χ3n) is 7.72. The van der Waals surface area contributed by atoms with Crippen LogP contribution in [0.2, 0.25) is 0 Å². The van der Waals surface area contributed by atoms with Crippen LogP contribution in [0.3, 0.4) is 0 Å². The number of aliphatic hydroxyl groups is 2. The van der Waals surface area contributed by atoms with E-state index in [1.165, 1.54) is 23.8 Å². The van der Waals surface area contributed by atoms with E-state index in [0.717, 1.165) is 5.56 Å². The van der Waals surface area contributed by atoms with Crippen molar-refractivity contribution in [1.29, 1.82) is 5.26 Å². The van der Waals surface area contributed by atoms with E-state index in [9.17, 15) is 24.8 Å². The molecule has 4 heterocycles. The first-order valence-electron chi connectivity index (χ1n) is 14.4. The molecule has 0 radical (unpaired) electrons. The van der Waals surface area contributed by atoms with E-state index in [4.69, 9.17) is 29.0 Å². The number of rotatable bonds is 10. The van der Waals surface area contributed by atoms with E-state index in [1.807, 2.05) is 39.0 Å². The molecule has 0 aliphatic carbocycles. The van der Waals surface area contributed by atoms with Crippen LogP contribution in [0.25, 0.3) is 5.52 Å². The van der Waals surface area contributed by atoms with Crippen LogP contribution < -0.4 is 15.3 Å². The zero-order valence-corrected chi connectivity index (χ0v) is 26.2. The van der Waals surface area contributed by atoms with Crippen molar-refractivity contribution in [2.75, 3.05) is 25.6 Å². The number of hydrogen-bond donors (Lipinski definition) is 4. The minimum Gasteiger partial charge on any atom is -0.459 e. The molecule has 15 nitrogen and oxygen atoms in total. The predicted octanol–water partition coefficient (Wildman–Crippen LogP) is 1.96. The Balaban J connectivity index is 1.37. The highest BCUT2D eigenvalue weighted by Crippen LogP contribution is 2.47. The van der Waals surface area contributed by atoms with Gasteiger partial charge in [0.05, 0.1) is 25.5 Å². The number of nitrogens with two attached hydrogens (primary N) is 1. The van der Waals surface area contributed by atoms with Gasteiger partial charge in [-0.05, 0) is 42.2 Å². The van der Waals surface area contributed by atoms with E-state index >= 15 is 0 Å². The summed E-state index contributed by atoms with van der Waals surface area (Å²) in [5.41, 5.74) is 5.13. The number of carbonyl (C=O) groups is 1. The molecule has 242 valence electrons. The molecule has 2 fully saturated rings. The summed E-state index contributed by atoms with van der Waals surface area (Å²) in [6, 6.07) is 10.7. The summed E-state index contributed by atoms with van der Waals surface area (Å²) in [5, 5.41) is 38.9. The summed E-state index contributed by atoms with van der Waals surface area (Å²) in [5.74, 6) is -0.386. The number of carbonyl (C=O) groups excluding carboxylic acids is 1. The van der Waals surface area contributed by atoms with Gasteiger partial charge in [-0.1, -0.05) is 32.9 Å². The van der Waals surface area contributed by atoms with Crippen molar-refractivity contribution in [3.8, 4) is 11.8 Å². The quantitative estimate of drug-likeness (QED) is 0.184. The summed E-state index contributed by atoms with van der Waals surface area (Å²) in [7, 11) is -4.39. The van der Waals surface area contributed by atoms with Crippen molar-refractivity contribution in [3.63, 3.8) is 0 Å². The number of nitrogens with one attached hydrogen (secondary N) is 1. The van der Waals surface area contributed by atoms with Crippen LogP contribution in [-0.2, 0) is 39.1 Å². The number of anilines is 1. The molecule has 5 rings (SSSR count). The monoisotopic (exact) mass is 644 g/mol. The largest absolute Gasteiger partial charge is 0.459 e. The van der Waals surface area contributed by atoms with Gasteiger partial charge >= 0.3 is 13.7 Å². The van der Waals surface area contributed by atoms with Gasteiger partial charge in [0.15, 0.2) is 5.82 Å². The summed E-state index contributed by atoms with van der Waals surface area (Å²) in [6.07, 6.45) is -3.48. The second kappa shape index (κ2) is 12.6. The van der Waals surface area contributed by atoms with Crippen molar-refractivity contribution in [2.45, 2.75) is 75.6 Å². The van der Waals surface area contributed by atoms with E-state index in [-0.39, 0.29) is 29.3 Å². The Morgan fingerprint density at radius 1 is 1.29 bits per heavy atom. The van der Waals surface area contributed by atoms with Crippen molar-refractivity contribution in [1.82, 2.24) is 19.7 Å². The fourth-order valence-corrected chi connectivity index (χ4v) is 6.63. The molecule has 0 spiro atoms. The van der Waals surface area contributed by atoms with Gasteiger partial charge in [0.2, 0.25) is 5.60 Å². The lowest BCUT2D eigenvalue weighted by molar-refractivity contribution is -0.150. The van der Waals surface area contributed by atoms with Gasteiger partial charge in [-0.2, -0.15) is 15.4 Å². The average molecular weight is 645 g/mol. The number of nitrogen functional groups attached to an aromatic ring is 1. The first kappa shape index (κ1) is 32.8. The number of hydrogen-bond acceptors (Lipinski definition) is 13. The lowest BCUT2D eigenvalue weighted by atomic mass is 9.87. The van der Waals surface area contributed by atoms with E-state index < -0.39 is 56.4 Å². The highest BCUT2D eigenvalue weighted by Gasteiger charge is 2.58. The Labute approximate surface area is 259 Å². The van der Waals surface area contributed by atoms with Crippen LogP contribution in [-0.4, -0.2) is 81.1 Å². The van der Waals surface area contributed by atoms with E-state index in [2.05, 4.69) is 15.2 Å². The topological polar surface area (TPSA) is 213 Å². The SMILES string of the molecule is C[C@H](N[P@](=O)(OC[C@H]1O[C@@](C#N)(c2ccc3c(N)ncnn23)[C@H](O)[C@@H]1O)Oc1ccc(C(C)(C)C)cc1)C(=O)O[C@H]1CCOC1. The Morgan fingerprint density at radius 3 is 2.67 bits per heavy atom. The van der Waals surface area contributed by atoms with Crippen LogP contribution in [0, 0.1) is 11.3 Å². The molecule has 0 unspecified atom stereocenters. The summed E-state index contributed by atoms with van der Waals surface area (Å²) in [4.78, 5) is 16.7. The summed E-state index contributed by atoms with van der Waals surface area (Å²) in [6.45, 7) is 7.70. The molecule has 2 saturated heterocycles. The van der Waals surface area contributed by atoms with E-state index in [1.54, 1.807) is 18.2 Å². The highest BCUT2D eigenvalue weighted by atomic mass is 31.2. The summed E-state index contributed by atoms with van der Waals surface area (Å²) >= 11 is 0. The molecule has 2 aliphatic rings. The van der Waals surface area contributed by atoms with Crippen molar-refractivity contribution >= 4 is 25.1 Å². The maximum absolute atomic E-state index is 14.1. The number of ether oxygens (including phenoxy) is 3. The molecular weight excluding hydrogens is 607 g/mol. The maximum Gasteiger partial charge on any atom is 0.459 e. The minimum absolute atomic E-state index is 0.0897. The Morgan fingerprint density at radius 2 is 2.02 bits per heavy atom. The molecule has 16 heteroatoms. The molecule has 7 atom stereocenters. The second-order valence-electron chi connectivity index (χ2n) is 12.0. The van der Waals surface area contributed by atoms with Crippen molar-refractivity contribution in [2.24, 2.45) is 0 Å². The first-order valence-corrected chi connectivity index (χ1v) is 16.0. The van der Waals surface area contributed by atoms with Crippen LogP contribution in [0.4, 0.5) is 5.82 Å². The van der Waals surface area contributed by atoms with Gasteiger partial charge in [0, 0.05) is 6.42 Å². The summed E-state index contributed by atoms with van der Waals surface area (Å²) < 4.78 is 43.6. The first-order chi connectivity index (χ1) is 21.3. The third-order valence-corrected chi connectivity index (χ3v) is 9.36.